The molecule has 0 fully saturated rings. The minimum absolute atomic E-state index is 0.274. The van der Waals surface area contributed by atoms with Crippen LogP contribution in [0.2, 0.25) is 0 Å². The van der Waals surface area contributed by atoms with Crippen LogP contribution in [0.25, 0.3) is 0 Å². The minimum Gasteiger partial charge on any atom is -0.301 e. The van der Waals surface area contributed by atoms with Crippen molar-refractivity contribution >= 4 is 11.3 Å². The predicted octanol–water partition coefficient (Wildman–Crippen LogP) is 5.28. The van der Waals surface area contributed by atoms with Gasteiger partial charge in [0.15, 0.2) is 0 Å². The summed E-state index contributed by atoms with van der Waals surface area (Å²) in [4.78, 5) is 5.78. The van der Waals surface area contributed by atoms with E-state index >= 15 is 0 Å². The van der Waals surface area contributed by atoms with E-state index < -0.39 is 0 Å². The van der Waals surface area contributed by atoms with Gasteiger partial charge in [-0.05, 0) is 31.2 Å². The third-order valence-electron chi connectivity index (χ3n) is 3.48. The normalized spacial score (nSPS) is 14.9. The fraction of sp³-hybridized carbons (Fsp3) is 0.500. The average molecular weight is 302 g/mol. The Morgan fingerprint density at radius 2 is 1.86 bits per heavy atom. The van der Waals surface area contributed by atoms with Crippen molar-refractivity contribution < 1.29 is 0 Å². The molecule has 0 amide bonds. The summed E-state index contributed by atoms with van der Waals surface area (Å²) in [5.41, 5.74) is 1.64. The smallest absolute Gasteiger partial charge is 0.109 e. The Morgan fingerprint density at radius 3 is 2.38 bits per heavy atom. The number of hydrogen-bond acceptors (Lipinski definition) is 3. The number of nitrogens with zero attached hydrogens (tertiary/aromatic N) is 1. The van der Waals surface area contributed by atoms with Gasteiger partial charge in [0.2, 0.25) is 0 Å². The molecule has 21 heavy (non-hydrogen) atoms. The third-order valence-corrected chi connectivity index (χ3v) is 4.57. The summed E-state index contributed by atoms with van der Waals surface area (Å²) in [5, 5.41) is 4.94. The van der Waals surface area contributed by atoms with Gasteiger partial charge >= 0.3 is 0 Å². The van der Waals surface area contributed by atoms with Crippen molar-refractivity contribution in [2.24, 2.45) is 5.41 Å². The lowest BCUT2D eigenvalue weighted by Gasteiger charge is -2.29. The van der Waals surface area contributed by atoms with Gasteiger partial charge in [-0.2, -0.15) is 0 Å². The summed E-state index contributed by atoms with van der Waals surface area (Å²) < 4.78 is 0. The fourth-order valence-corrected chi connectivity index (χ4v) is 3.30. The molecule has 0 aliphatic rings. The van der Waals surface area contributed by atoms with Crippen LogP contribution in [0.1, 0.15) is 61.6 Å². The molecule has 1 N–H and O–H groups in total. The first-order valence-electron chi connectivity index (χ1n) is 7.58. The highest BCUT2D eigenvalue weighted by Crippen LogP contribution is 2.32. The van der Waals surface area contributed by atoms with Crippen LogP contribution in [0.3, 0.4) is 0 Å². The molecule has 0 radical (unpaired) electrons. The fourth-order valence-electron chi connectivity index (χ4n) is 2.52. The van der Waals surface area contributed by atoms with Crippen molar-refractivity contribution in [3.63, 3.8) is 0 Å². The highest BCUT2D eigenvalue weighted by Gasteiger charge is 2.22. The third kappa shape index (κ3) is 4.94. The molecule has 2 unspecified atom stereocenters. The monoisotopic (exact) mass is 302 g/mol. The molecule has 1 heterocycles. The molecular formula is C18H26N2S. The van der Waals surface area contributed by atoms with Gasteiger partial charge < -0.3 is 5.32 Å². The Kier molecular flexibility index (Phi) is 5.17. The number of rotatable bonds is 5. The SMILES string of the molecule is Cc1cnc(C(C)NC(CC(C)(C)C)c2ccccc2)s1. The Morgan fingerprint density at radius 1 is 1.19 bits per heavy atom. The van der Waals surface area contributed by atoms with Gasteiger partial charge in [0.25, 0.3) is 0 Å². The number of aromatic nitrogens is 1. The van der Waals surface area contributed by atoms with Crippen LogP contribution in [0.15, 0.2) is 36.5 Å². The molecule has 0 spiro atoms. The van der Waals surface area contributed by atoms with Gasteiger partial charge in [0.05, 0.1) is 6.04 Å². The molecule has 3 heteroatoms. The second kappa shape index (κ2) is 6.71. The lowest BCUT2D eigenvalue weighted by atomic mass is 9.85. The Hall–Kier alpha value is -1.19. The molecule has 2 nitrogen and oxygen atoms in total. The second-order valence-electron chi connectivity index (χ2n) is 6.93. The molecule has 0 bridgehead atoms. The summed E-state index contributed by atoms with van der Waals surface area (Å²) in [5.74, 6) is 0. The number of nitrogens with one attached hydrogen (secondary N) is 1. The highest BCUT2D eigenvalue weighted by atomic mass is 32.1. The summed E-state index contributed by atoms with van der Waals surface area (Å²) >= 11 is 1.78. The van der Waals surface area contributed by atoms with Crippen LogP contribution in [0.4, 0.5) is 0 Å². The molecule has 1 aromatic heterocycles. The van der Waals surface area contributed by atoms with Gasteiger partial charge in [-0.15, -0.1) is 11.3 Å². The Balaban J connectivity index is 2.16. The maximum Gasteiger partial charge on any atom is 0.109 e. The van der Waals surface area contributed by atoms with Gasteiger partial charge in [-0.25, -0.2) is 4.98 Å². The molecule has 114 valence electrons. The average Bonchev–Trinajstić information content (AvgIpc) is 2.84. The number of hydrogen-bond donors (Lipinski definition) is 1. The van der Waals surface area contributed by atoms with Crippen LogP contribution < -0.4 is 5.32 Å². The van der Waals surface area contributed by atoms with E-state index in [1.54, 1.807) is 11.3 Å². The second-order valence-corrected chi connectivity index (χ2v) is 8.19. The first kappa shape index (κ1) is 16.2. The van der Waals surface area contributed by atoms with Crippen molar-refractivity contribution in [3.8, 4) is 0 Å². The maximum absolute atomic E-state index is 4.51. The molecule has 1 aromatic carbocycles. The summed E-state index contributed by atoms with van der Waals surface area (Å²) in [6.45, 7) is 11.2. The van der Waals surface area contributed by atoms with E-state index in [9.17, 15) is 0 Å². The topological polar surface area (TPSA) is 24.9 Å². The number of aryl methyl sites for hydroxylation is 1. The van der Waals surface area contributed by atoms with E-state index in [1.807, 2.05) is 6.20 Å². The molecular weight excluding hydrogens is 276 g/mol. The van der Waals surface area contributed by atoms with Crippen LogP contribution in [-0.4, -0.2) is 4.98 Å². The van der Waals surface area contributed by atoms with Gasteiger partial charge in [-0.1, -0.05) is 51.1 Å². The Labute approximate surface area is 132 Å². The Bertz CT molecular complexity index is 554. The van der Waals surface area contributed by atoms with Gasteiger partial charge in [-0.3, -0.25) is 0 Å². The first-order valence-corrected chi connectivity index (χ1v) is 8.40. The van der Waals surface area contributed by atoms with Crippen molar-refractivity contribution in [1.82, 2.24) is 10.3 Å². The number of benzene rings is 1. The molecule has 0 aliphatic heterocycles. The van der Waals surface area contributed by atoms with E-state index in [-0.39, 0.29) is 11.5 Å². The van der Waals surface area contributed by atoms with Crippen LogP contribution in [-0.2, 0) is 0 Å². The van der Waals surface area contributed by atoms with Crippen molar-refractivity contribution in [2.45, 2.75) is 53.1 Å². The minimum atomic E-state index is 0.274. The molecule has 2 rings (SSSR count). The van der Waals surface area contributed by atoms with E-state index in [2.05, 4.69) is 75.3 Å². The molecule has 0 saturated carbocycles. The van der Waals surface area contributed by atoms with Crippen molar-refractivity contribution in [1.29, 1.82) is 0 Å². The largest absolute Gasteiger partial charge is 0.301 e. The highest BCUT2D eigenvalue weighted by molar-refractivity contribution is 7.11. The van der Waals surface area contributed by atoms with E-state index in [1.165, 1.54) is 15.4 Å². The predicted molar refractivity (Wildman–Crippen MR) is 91.7 cm³/mol. The number of thiazole rings is 1. The lowest BCUT2D eigenvalue weighted by Crippen LogP contribution is -2.28. The zero-order valence-electron chi connectivity index (χ0n) is 13.7. The molecule has 0 aliphatic carbocycles. The summed E-state index contributed by atoms with van der Waals surface area (Å²) in [6, 6.07) is 11.4. The maximum atomic E-state index is 4.51. The molecule has 2 aromatic rings. The lowest BCUT2D eigenvalue weighted by molar-refractivity contribution is 0.297. The van der Waals surface area contributed by atoms with E-state index in [0.29, 0.717) is 6.04 Å². The van der Waals surface area contributed by atoms with Crippen molar-refractivity contribution in [2.75, 3.05) is 0 Å². The van der Waals surface area contributed by atoms with E-state index in [0.717, 1.165) is 6.42 Å². The van der Waals surface area contributed by atoms with Gasteiger partial charge in [0.1, 0.15) is 5.01 Å². The standard InChI is InChI=1S/C18H26N2S/c1-13-12-19-17(21-13)14(2)20-16(11-18(3,4)5)15-9-7-6-8-10-15/h6-10,12,14,16,20H,11H2,1-5H3. The molecule has 0 saturated heterocycles. The zero-order valence-corrected chi connectivity index (χ0v) is 14.5. The summed E-state index contributed by atoms with van der Waals surface area (Å²) in [7, 11) is 0. The van der Waals surface area contributed by atoms with Crippen molar-refractivity contribution in [3.05, 3.63) is 52.0 Å². The summed E-state index contributed by atoms with van der Waals surface area (Å²) in [6.07, 6.45) is 3.06. The van der Waals surface area contributed by atoms with E-state index in [4.69, 9.17) is 0 Å². The van der Waals surface area contributed by atoms with Crippen LogP contribution >= 0.6 is 11.3 Å². The zero-order chi connectivity index (χ0) is 15.5. The van der Waals surface area contributed by atoms with Gasteiger partial charge in [0, 0.05) is 17.1 Å². The quantitative estimate of drug-likeness (QED) is 0.812. The first-order chi connectivity index (χ1) is 9.85. The molecule has 2 atom stereocenters. The van der Waals surface area contributed by atoms with Crippen LogP contribution in [0, 0.1) is 12.3 Å². The van der Waals surface area contributed by atoms with Crippen LogP contribution in [0.5, 0.6) is 0 Å².